The van der Waals surface area contributed by atoms with E-state index in [1.165, 1.54) is 0 Å². The van der Waals surface area contributed by atoms with E-state index in [0.717, 1.165) is 10.9 Å². The number of para-hydroxylation sites is 1. The van der Waals surface area contributed by atoms with Gasteiger partial charge < -0.3 is 19.9 Å². The molecule has 3 rings (SSSR count). The Morgan fingerprint density at radius 2 is 2.03 bits per heavy atom. The number of nitrogens with zero attached hydrogens (tertiary/aromatic N) is 3. The number of hydrogen-bond acceptors (Lipinski definition) is 5. The number of aromatic nitrogens is 1. The van der Waals surface area contributed by atoms with Gasteiger partial charge in [0.2, 0.25) is 5.91 Å². The van der Waals surface area contributed by atoms with Gasteiger partial charge in [-0.05, 0) is 39.8 Å². The molecule has 1 aromatic carbocycles. The number of fused-ring (bicyclic) bond motifs is 1. The fraction of sp³-hybridized carbons (Fsp3) is 0.476. The molecule has 0 aliphatic carbocycles. The van der Waals surface area contributed by atoms with Crippen molar-refractivity contribution in [3.8, 4) is 0 Å². The Morgan fingerprint density at radius 3 is 2.69 bits per heavy atom. The van der Waals surface area contributed by atoms with Crippen LogP contribution in [-0.2, 0) is 9.53 Å². The summed E-state index contributed by atoms with van der Waals surface area (Å²) in [6, 6.07) is 7.18. The molecule has 1 aromatic heterocycles. The zero-order valence-electron chi connectivity index (χ0n) is 17.5. The van der Waals surface area contributed by atoms with Crippen LogP contribution >= 0.6 is 11.6 Å². The summed E-state index contributed by atoms with van der Waals surface area (Å²) in [6.07, 6.45) is -0.503. The third-order valence-corrected chi connectivity index (χ3v) is 5.07. The number of anilines is 1. The predicted molar refractivity (Wildman–Crippen MR) is 114 cm³/mol. The summed E-state index contributed by atoms with van der Waals surface area (Å²) in [4.78, 5) is 33.0. The highest BCUT2D eigenvalue weighted by Gasteiger charge is 2.27. The predicted octanol–water partition coefficient (Wildman–Crippen LogP) is 3.75. The minimum Gasteiger partial charge on any atom is -0.444 e. The summed E-state index contributed by atoms with van der Waals surface area (Å²) < 4.78 is 5.39. The van der Waals surface area contributed by atoms with Crippen molar-refractivity contribution in [2.45, 2.75) is 39.3 Å². The first kappa shape index (κ1) is 21.2. The maximum Gasteiger partial charge on any atom is 0.408 e. The Kier molecular flexibility index (Phi) is 5.89. The van der Waals surface area contributed by atoms with Crippen LogP contribution in [0.2, 0.25) is 5.02 Å². The molecule has 7 nitrogen and oxygen atoms in total. The molecule has 0 spiro atoms. The molecule has 1 fully saturated rings. The molecule has 1 saturated heterocycles. The Morgan fingerprint density at radius 1 is 1.31 bits per heavy atom. The van der Waals surface area contributed by atoms with Crippen molar-refractivity contribution in [3.05, 3.63) is 34.9 Å². The maximum absolute atomic E-state index is 12.3. The molecule has 0 radical (unpaired) electrons. The van der Waals surface area contributed by atoms with Crippen molar-refractivity contribution in [2.24, 2.45) is 0 Å². The molecular weight excluding hydrogens is 392 g/mol. The Bertz CT molecular complexity index is 941. The Hall–Kier alpha value is -2.54. The van der Waals surface area contributed by atoms with E-state index in [4.69, 9.17) is 21.3 Å². The van der Waals surface area contributed by atoms with Gasteiger partial charge in [0.1, 0.15) is 11.4 Å². The first-order valence-corrected chi connectivity index (χ1v) is 10.0. The highest BCUT2D eigenvalue weighted by atomic mass is 35.5. The van der Waals surface area contributed by atoms with Crippen molar-refractivity contribution in [1.29, 1.82) is 0 Å². The third-order valence-electron chi connectivity index (χ3n) is 4.76. The van der Waals surface area contributed by atoms with Crippen molar-refractivity contribution >= 4 is 40.3 Å². The molecule has 8 heteroatoms. The summed E-state index contributed by atoms with van der Waals surface area (Å²) in [6.45, 7) is 8.81. The van der Waals surface area contributed by atoms with Gasteiger partial charge in [-0.15, -0.1) is 0 Å². The lowest BCUT2D eigenvalue weighted by atomic mass is 10.0. The van der Waals surface area contributed by atoms with Gasteiger partial charge in [-0.1, -0.05) is 23.7 Å². The molecule has 2 heterocycles. The summed E-state index contributed by atoms with van der Waals surface area (Å²) in [7, 11) is 1.79. The number of halogens is 1. The third kappa shape index (κ3) is 4.90. The lowest BCUT2D eigenvalue weighted by Gasteiger charge is -2.34. The van der Waals surface area contributed by atoms with E-state index in [1.807, 2.05) is 50.8 Å². The van der Waals surface area contributed by atoms with Crippen LogP contribution in [0.1, 0.15) is 39.3 Å². The average molecular weight is 419 g/mol. The summed E-state index contributed by atoms with van der Waals surface area (Å²) in [5, 5.41) is 4.29. The van der Waals surface area contributed by atoms with Crippen molar-refractivity contribution in [3.63, 3.8) is 0 Å². The number of carbonyl (C=O) groups excluding carboxylic acids is 2. The normalized spacial score (nSPS) is 16.1. The van der Waals surface area contributed by atoms with Gasteiger partial charge in [0.15, 0.2) is 0 Å². The van der Waals surface area contributed by atoms with E-state index in [9.17, 15) is 9.59 Å². The summed E-state index contributed by atoms with van der Waals surface area (Å²) >= 11 is 6.36. The van der Waals surface area contributed by atoms with Gasteiger partial charge >= 0.3 is 6.09 Å². The molecule has 1 aliphatic heterocycles. The zero-order chi connectivity index (χ0) is 21.3. The number of ether oxygens (including phenoxy) is 1. The maximum atomic E-state index is 12.3. The number of rotatable bonds is 3. The number of hydrogen-bond donors (Lipinski definition) is 1. The van der Waals surface area contributed by atoms with Crippen LogP contribution in [0.3, 0.4) is 0 Å². The monoisotopic (exact) mass is 418 g/mol. The molecule has 1 N–H and O–H groups in total. The standard InChI is InChI=1S/C21H27ClN4O3/c1-13(23-20(28)29-21(2,3)4)15-11-14-7-6-8-16(22)18(14)24-19(15)26-10-9-25(5)17(27)12-26/h6-8,11,13H,9-10,12H2,1-5H3,(H,23,28). The number of likely N-dealkylation sites (N-methyl/N-ethyl adjacent to an activating group) is 1. The van der Waals surface area contributed by atoms with Crippen LogP contribution in [0, 0.1) is 0 Å². The highest BCUT2D eigenvalue weighted by molar-refractivity contribution is 6.35. The number of benzene rings is 1. The van der Waals surface area contributed by atoms with Crippen LogP contribution in [0.25, 0.3) is 10.9 Å². The minimum absolute atomic E-state index is 0.0241. The van der Waals surface area contributed by atoms with E-state index in [2.05, 4.69) is 5.32 Å². The van der Waals surface area contributed by atoms with Gasteiger partial charge in [-0.2, -0.15) is 0 Å². The SMILES string of the molecule is CC(NC(=O)OC(C)(C)C)c1cc2cccc(Cl)c2nc1N1CCN(C)C(=O)C1. The highest BCUT2D eigenvalue weighted by Crippen LogP contribution is 2.32. The van der Waals surface area contributed by atoms with Gasteiger partial charge in [-0.25, -0.2) is 9.78 Å². The van der Waals surface area contributed by atoms with Crippen molar-refractivity contribution in [1.82, 2.24) is 15.2 Å². The fourth-order valence-corrected chi connectivity index (χ4v) is 3.47. The van der Waals surface area contributed by atoms with Crippen LogP contribution in [-0.4, -0.2) is 54.2 Å². The van der Waals surface area contributed by atoms with Crippen LogP contribution in [0.5, 0.6) is 0 Å². The lowest BCUT2D eigenvalue weighted by Crippen LogP contribution is -2.49. The molecule has 1 unspecified atom stereocenters. The number of carbonyl (C=O) groups is 2. The van der Waals surface area contributed by atoms with Gasteiger partial charge in [0, 0.05) is 31.1 Å². The quantitative estimate of drug-likeness (QED) is 0.821. The van der Waals surface area contributed by atoms with Gasteiger partial charge in [0.05, 0.1) is 23.1 Å². The lowest BCUT2D eigenvalue weighted by molar-refractivity contribution is -0.129. The van der Waals surface area contributed by atoms with E-state index >= 15 is 0 Å². The van der Waals surface area contributed by atoms with Crippen LogP contribution < -0.4 is 10.2 Å². The van der Waals surface area contributed by atoms with Gasteiger partial charge in [0.25, 0.3) is 0 Å². The molecule has 29 heavy (non-hydrogen) atoms. The number of pyridine rings is 1. The molecular formula is C21H27ClN4O3. The summed E-state index contributed by atoms with van der Waals surface area (Å²) in [5.41, 5.74) is 0.887. The van der Waals surface area contributed by atoms with E-state index in [1.54, 1.807) is 18.0 Å². The fourth-order valence-electron chi connectivity index (χ4n) is 3.24. The summed E-state index contributed by atoms with van der Waals surface area (Å²) in [5.74, 6) is 0.673. The first-order chi connectivity index (χ1) is 13.5. The first-order valence-electron chi connectivity index (χ1n) is 9.63. The molecule has 0 bridgehead atoms. The largest absolute Gasteiger partial charge is 0.444 e. The average Bonchev–Trinajstić information content (AvgIpc) is 2.61. The molecule has 2 aromatic rings. The second kappa shape index (κ2) is 8.06. The Labute approximate surface area is 176 Å². The molecule has 0 saturated carbocycles. The second-order valence-corrected chi connectivity index (χ2v) is 8.72. The number of alkyl carbamates (subject to hydrolysis) is 1. The number of amides is 2. The van der Waals surface area contributed by atoms with Crippen LogP contribution in [0.4, 0.5) is 10.6 Å². The smallest absolute Gasteiger partial charge is 0.408 e. The number of nitrogens with one attached hydrogen (secondary N) is 1. The Balaban J connectivity index is 2.00. The molecule has 1 atom stereocenters. The zero-order valence-corrected chi connectivity index (χ0v) is 18.2. The number of piperazine rings is 1. The van der Waals surface area contributed by atoms with E-state index in [-0.39, 0.29) is 18.5 Å². The molecule has 156 valence electrons. The van der Waals surface area contributed by atoms with Crippen LogP contribution in [0.15, 0.2) is 24.3 Å². The second-order valence-electron chi connectivity index (χ2n) is 8.32. The van der Waals surface area contributed by atoms with E-state index in [0.29, 0.717) is 29.4 Å². The van der Waals surface area contributed by atoms with E-state index < -0.39 is 11.7 Å². The minimum atomic E-state index is -0.592. The topological polar surface area (TPSA) is 74.8 Å². The van der Waals surface area contributed by atoms with Gasteiger partial charge in [-0.3, -0.25) is 4.79 Å². The van der Waals surface area contributed by atoms with Crippen molar-refractivity contribution in [2.75, 3.05) is 31.6 Å². The molecule has 2 amide bonds. The van der Waals surface area contributed by atoms with Crippen molar-refractivity contribution < 1.29 is 14.3 Å². The molecule has 1 aliphatic rings.